The van der Waals surface area contributed by atoms with Gasteiger partial charge < -0.3 is 5.32 Å². The molecule has 140 valence electrons. The van der Waals surface area contributed by atoms with Gasteiger partial charge in [-0.3, -0.25) is 19.6 Å². The van der Waals surface area contributed by atoms with E-state index in [9.17, 15) is 28.1 Å². The van der Waals surface area contributed by atoms with Gasteiger partial charge in [-0.2, -0.15) is 18.3 Å². The number of benzene rings is 1. The lowest BCUT2D eigenvalue weighted by molar-refractivity contribution is -0.384. The lowest BCUT2D eigenvalue weighted by Crippen LogP contribution is -2.19. The number of hydrogen-bond donors (Lipinski definition) is 1. The summed E-state index contributed by atoms with van der Waals surface area (Å²) in [5.74, 6) is -0.605. The molecule has 0 aliphatic carbocycles. The van der Waals surface area contributed by atoms with Crippen LogP contribution in [0.5, 0.6) is 0 Å². The van der Waals surface area contributed by atoms with Crippen LogP contribution in [0.15, 0.2) is 41.9 Å². The second-order valence-corrected chi connectivity index (χ2v) is 6.15. The number of amides is 1. The van der Waals surface area contributed by atoms with Crippen LogP contribution in [-0.2, 0) is 17.5 Å². The molecule has 3 rings (SSSR count). The Morgan fingerprint density at radius 3 is 2.78 bits per heavy atom. The first-order chi connectivity index (χ1) is 12.7. The molecule has 0 fully saturated rings. The minimum absolute atomic E-state index is 0.0924. The van der Waals surface area contributed by atoms with Crippen LogP contribution in [0.3, 0.4) is 0 Å². The Kier molecular flexibility index (Phi) is 4.90. The lowest BCUT2D eigenvalue weighted by Gasteiger charge is -2.03. The van der Waals surface area contributed by atoms with Crippen LogP contribution in [0.2, 0.25) is 0 Å². The van der Waals surface area contributed by atoms with Gasteiger partial charge in [-0.1, -0.05) is 12.1 Å². The third-order valence-electron chi connectivity index (χ3n) is 3.34. The number of carbonyl (C=O) groups is 1. The molecule has 0 radical (unpaired) electrons. The van der Waals surface area contributed by atoms with Gasteiger partial charge in [0.1, 0.15) is 6.54 Å². The molecule has 2 aromatic heterocycles. The maximum atomic E-state index is 12.5. The van der Waals surface area contributed by atoms with E-state index in [0.717, 1.165) is 28.3 Å². The zero-order chi connectivity index (χ0) is 19.6. The monoisotopic (exact) mass is 397 g/mol. The highest BCUT2D eigenvalue weighted by atomic mass is 32.1. The van der Waals surface area contributed by atoms with Crippen molar-refractivity contribution in [2.45, 2.75) is 12.7 Å². The van der Waals surface area contributed by atoms with E-state index >= 15 is 0 Å². The summed E-state index contributed by atoms with van der Waals surface area (Å²) in [6.45, 7) is -0.415. The van der Waals surface area contributed by atoms with E-state index in [1.165, 1.54) is 18.2 Å². The standard InChI is InChI=1S/C15H10F3N5O3S/c16-15(17,18)12-4-5-22(21-12)7-13(24)20-14-19-11(8-27-14)9-2-1-3-10(6-9)23(25)26/h1-6,8H,7H2,(H,19,20,24). The molecule has 1 N–H and O–H groups in total. The van der Waals surface area contributed by atoms with E-state index in [1.54, 1.807) is 11.4 Å². The van der Waals surface area contributed by atoms with Crippen LogP contribution in [0.4, 0.5) is 24.0 Å². The number of nitrogens with zero attached hydrogens (tertiary/aromatic N) is 4. The Hall–Kier alpha value is -3.28. The number of anilines is 1. The Morgan fingerprint density at radius 2 is 2.11 bits per heavy atom. The zero-order valence-corrected chi connectivity index (χ0v) is 14.1. The summed E-state index contributed by atoms with van der Waals surface area (Å²) in [6, 6.07) is 6.62. The van der Waals surface area contributed by atoms with E-state index in [0.29, 0.717) is 11.3 Å². The number of nitro groups is 1. The molecule has 0 saturated carbocycles. The Labute approximate surface area is 153 Å². The van der Waals surface area contributed by atoms with Crippen molar-refractivity contribution >= 4 is 28.1 Å². The summed E-state index contributed by atoms with van der Waals surface area (Å²) in [7, 11) is 0. The fourth-order valence-corrected chi connectivity index (χ4v) is 2.89. The first kappa shape index (κ1) is 18.5. The second-order valence-electron chi connectivity index (χ2n) is 5.29. The minimum atomic E-state index is -4.58. The summed E-state index contributed by atoms with van der Waals surface area (Å²) < 4.78 is 38.4. The van der Waals surface area contributed by atoms with E-state index in [2.05, 4.69) is 15.4 Å². The molecule has 3 aromatic rings. The average molecular weight is 397 g/mol. The van der Waals surface area contributed by atoms with Gasteiger partial charge in [0.2, 0.25) is 5.91 Å². The number of hydrogen-bond acceptors (Lipinski definition) is 6. The predicted octanol–water partition coefficient (Wildman–Crippen LogP) is 3.57. The number of carbonyl (C=O) groups excluding carboxylic acids is 1. The molecule has 27 heavy (non-hydrogen) atoms. The van der Waals surface area contributed by atoms with Gasteiger partial charge in [-0.15, -0.1) is 11.3 Å². The highest BCUT2D eigenvalue weighted by Gasteiger charge is 2.33. The van der Waals surface area contributed by atoms with E-state index < -0.39 is 29.2 Å². The summed E-state index contributed by atoms with van der Waals surface area (Å²) in [4.78, 5) is 26.4. The van der Waals surface area contributed by atoms with Crippen LogP contribution in [0, 0.1) is 10.1 Å². The average Bonchev–Trinajstić information content (AvgIpc) is 3.24. The zero-order valence-electron chi connectivity index (χ0n) is 13.3. The summed E-state index contributed by atoms with van der Waals surface area (Å²) in [5, 5.41) is 18.4. The molecule has 0 aliphatic rings. The molecule has 0 saturated heterocycles. The topological polar surface area (TPSA) is 103 Å². The molecular formula is C15H10F3N5O3S. The third kappa shape index (κ3) is 4.47. The van der Waals surface area contributed by atoms with Crippen LogP contribution >= 0.6 is 11.3 Å². The number of nitro benzene ring substituents is 1. The van der Waals surface area contributed by atoms with Gasteiger partial charge in [-0.25, -0.2) is 4.98 Å². The van der Waals surface area contributed by atoms with Crippen molar-refractivity contribution in [2.75, 3.05) is 5.32 Å². The maximum Gasteiger partial charge on any atom is 0.435 e. The number of aromatic nitrogens is 3. The van der Waals surface area contributed by atoms with Gasteiger partial charge in [0.25, 0.3) is 5.69 Å². The number of thiazole rings is 1. The van der Waals surface area contributed by atoms with E-state index in [4.69, 9.17) is 0 Å². The van der Waals surface area contributed by atoms with Crippen molar-refractivity contribution in [1.29, 1.82) is 0 Å². The lowest BCUT2D eigenvalue weighted by atomic mass is 10.1. The molecule has 0 bridgehead atoms. The number of nitrogens with one attached hydrogen (secondary N) is 1. The van der Waals surface area contributed by atoms with Crippen molar-refractivity contribution in [3.63, 3.8) is 0 Å². The van der Waals surface area contributed by atoms with Gasteiger partial charge in [0.15, 0.2) is 10.8 Å². The largest absolute Gasteiger partial charge is 0.435 e. The fraction of sp³-hybridized carbons (Fsp3) is 0.133. The summed E-state index contributed by atoms with van der Waals surface area (Å²) in [6.07, 6.45) is -3.52. The van der Waals surface area contributed by atoms with Crippen LogP contribution in [0.1, 0.15) is 5.69 Å². The molecule has 0 atom stereocenters. The molecule has 0 unspecified atom stereocenters. The first-order valence-electron chi connectivity index (χ1n) is 7.33. The molecule has 8 nitrogen and oxygen atoms in total. The third-order valence-corrected chi connectivity index (χ3v) is 4.10. The number of rotatable bonds is 5. The van der Waals surface area contributed by atoms with Gasteiger partial charge in [0.05, 0.1) is 10.6 Å². The highest BCUT2D eigenvalue weighted by molar-refractivity contribution is 7.14. The Bertz CT molecular complexity index is 999. The van der Waals surface area contributed by atoms with Gasteiger partial charge in [0, 0.05) is 29.3 Å². The molecule has 1 amide bonds. The quantitative estimate of drug-likeness (QED) is 0.524. The number of alkyl halides is 3. The molecule has 0 aliphatic heterocycles. The normalized spacial score (nSPS) is 11.4. The second kappa shape index (κ2) is 7.15. The first-order valence-corrected chi connectivity index (χ1v) is 8.21. The van der Waals surface area contributed by atoms with Crippen LogP contribution < -0.4 is 5.32 Å². The summed E-state index contributed by atoms with van der Waals surface area (Å²) in [5.41, 5.74) is -0.247. The molecule has 2 heterocycles. The van der Waals surface area contributed by atoms with Crippen LogP contribution in [-0.4, -0.2) is 25.6 Å². The smallest absolute Gasteiger partial charge is 0.300 e. The maximum absolute atomic E-state index is 12.5. The highest BCUT2D eigenvalue weighted by Crippen LogP contribution is 2.28. The summed E-state index contributed by atoms with van der Waals surface area (Å²) >= 11 is 1.08. The van der Waals surface area contributed by atoms with Crippen LogP contribution in [0.25, 0.3) is 11.3 Å². The molecule has 12 heteroatoms. The van der Waals surface area contributed by atoms with Crippen molar-refractivity contribution in [3.8, 4) is 11.3 Å². The van der Waals surface area contributed by atoms with Crippen molar-refractivity contribution in [3.05, 3.63) is 57.7 Å². The van der Waals surface area contributed by atoms with E-state index in [-0.39, 0.29) is 10.8 Å². The number of non-ortho nitro benzene ring substituents is 1. The minimum Gasteiger partial charge on any atom is -0.300 e. The van der Waals surface area contributed by atoms with Crippen molar-refractivity contribution < 1.29 is 22.9 Å². The van der Waals surface area contributed by atoms with E-state index in [1.807, 2.05) is 0 Å². The Balaban J connectivity index is 1.67. The predicted molar refractivity (Wildman–Crippen MR) is 90.1 cm³/mol. The van der Waals surface area contributed by atoms with Crippen molar-refractivity contribution in [1.82, 2.24) is 14.8 Å². The SMILES string of the molecule is O=C(Cn1ccc(C(F)(F)F)n1)Nc1nc(-c2cccc([N+](=O)[O-])c2)cs1. The molecular weight excluding hydrogens is 387 g/mol. The molecule has 0 spiro atoms. The molecule has 1 aromatic carbocycles. The van der Waals surface area contributed by atoms with Gasteiger partial charge in [-0.05, 0) is 6.07 Å². The van der Waals surface area contributed by atoms with Crippen molar-refractivity contribution in [2.24, 2.45) is 0 Å². The Morgan fingerprint density at radius 1 is 1.33 bits per heavy atom. The van der Waals surface area contributed by atoms with Gasteiger partial charge >= 0.3 is 6.18 Å². The fourth-order valence-electron chi connectivity index (χ4n) is 2.15. The number of halogens is 3.